The Morgan fingerprint density at radius 2 is 2.00 bits per heavy atom. The fraction of sp³-hybridized carbons (Fsp3) is 0.235. The average molecular weight is 405 g/mol. The van der Waals surface area contributed by atoms with Crippen LogP contribution < -0.4 is 0 Å². The standard InChI is InChI=1S/C17H17BrN4OS/c1-23-10-9-22-16(14-5-7-19-8-6-14)20-21-17(22)24-12-13-3-2-4-15(18)11-13/h2-8,11H,9-10,12H2,1H3. The van der Waals surface area contributed by atoms with Gasteiger partial charge in [-0.1, -0.05) is 39.8 Å². The van der Waals surface area contributed by atoms with E-state index in [1.54, 1.807) is 31.3 Å². The zero-order valence-electron chi connectivity index (χ0n) is 13.2. The van der Waals surface area contributed by atoms with E-state index in [4.69, 9.17) is 4.74 Å². The summed E-state index contributed by atoms with van der Waals surface area (Å²) in [5, 5.41) is 9.63. The fourth-order valence-electron chi connectivity index (χ4n) is 2.27. The molecule has 0 aliphatic heterocycles. The van der Waals surface area contributed by atoms with E-state index in [-0.39, 0.29) is 0 Å². The van der Waals surface area contributed by atoms with Crippen molar-refractivity contribution in [3.05, 3.63) is 58.8 Å². The van der Waals surface area contributed by atoms with Crippen LogP contribution in [0.4, 0.5) is 0 Å². The largest absolute Gasteiger partial charge is 0.383 e. The predicted molar refractivity (Wildman–Crippen MR) is 98.8 cm³/mol. The highest BCUT2D eigenvalue weighted by Gasteiger charge is 2.14. The monoisotopic (exact) mass is 404 g/mol. The van der Waals surface area contributed by atoms with Crippen LogP contribution >= 0.6 is 27.7 Å². The van der Waals surface area contributed by atoms with Crippen molar-refractivity contribution in [1.29, 1.82) is 0 Å². The second-order valence-electron chi connectivity index (χ2n) is 5.11. The lowest BCUT2D eigenvalue weighted by Gasteiger charge is -2.09. The van der Waals surface area contributed by atoms with Crippen molar-refractivity contribution in [3.63, 3.8) is 0 Å². The zero-order chi connectivity index (χ0) is 16.8. The third-order valence-corrected chi connectivity index (χ3v) is 4.96. The molecule has 2 heterocycles. The van der Waals surface area contributed by atoms with Gasteiger partial charge in [0.25, 0.3) is 0 Å². The van der Waals surface area contributed by atoms with Gasteiger partial charge in [-0.3, -0.25) is 9.55 Å². The SMILES string of the molecule is COCCn1c(SCc2cccc(Br)c2)nnc1-c1ccncc1. The molecule has 24 heavy (non-hydrogen) atoms. The molecule has 0 radical (unpaired) electrons. The summed E-state index contributed by atoms with van der Waals surface area (Å²) < 4.78 is 8.42. The fourth-order valence-corrected chi connectivity index (χ4v) is 3.62. The van der Waals surface area contributed by atoms with E-state index in [1.807, 2.05) is 24.3 Å². The molecule has 3 rings (SSSR count). The van der Waals surface area contributed by atoms with Crippen molar-refractivity contribution < 1.29 is 4.74 Å². The minimum atomic E-state index is 0.612. The van der Waals surface area contributed by atoms with Gasteiger partial charge in [0, 0.05) is 35.3 Å². The van der Waals surface area contributed by atoms with Gasteiger partial charge in [-0.2, -0.15) is 0 Å². The molecule has 1 aromatic carbocycles. The maximum absolute atomic E-state index is 5.24. The van der Waals surface area contributed by atoms with Crippen LogP contribution in [0, 0.1) is 0 Å². The van der Waals surface area contributed by atoms with Crippen LogP contribution in [0.3, 0.4) is 0 Å². The molecule has 3 aromatic rings. The number of hydrogen-bond donors (Lipinski definition) is 0. The van der Waals surface area contributed by atoms with Gasteiger partial charge in [-0.15, -0.1) is 10.2 Å². The smallest absolute Gasteiger partial charge is 0.191 e. The maximum Gasteiger partial charge on any atom is 0.191 e. The van der Waals surface area contributed by atoms with E-state index in [9.17, 15) is 0 Å². The number of methoxy groups -OCH3 is 1. The van der Waals surface area contributed by atoms with Crippen LogP contribution in [0.15, 0.2) is 58.4 Å². The highest BCUT2D eigenvalue weighted by Crippen LogP contribution is 2.26. The molecule has 0 unspecified atom stereocenters. The topological polar surface area (TPSA) is 52.8 Å². The van der Waals surface area contributed by atoms with E-state index in [0.29, 0.717) is 13.2 Å². The molecule has 0 fully saturated rings. The van der Waals surface area contributed by atoms with Crippen LogP contribution in [0.2, 0.25) is 0 Å². The summed E-state index contributed by atoms with van der Waals surface area (Å²) in [5.41, 5.74) is 2.24. The van der Waals surface area contributed by atoms with Gasteiger partial charge in [-0.05, 0) is 29.8 Å². The molecule has 0 saturated heterocycles. The number of benzene rings is 1. The van der Waals surface area contributed by atoms with Crippen LogP contribution in [0.1, 0.15) is 5.56 Å². The molecule has 0 aliphatic rings. The van der Waals surface area contributed by atoms with Gasteiger partial charge in [0.15, 0.2) is 11.0 Å². The number of pyridine rings is 1. The minimum absolute atomic E-state index is 0.612. The molecule has 0 amide bonds. The number of rotatable bonds is 7. The van der Waals surface area contributed by atoms with E-state index in [0.717, 1.165) is 26.8 Å². The van der Waals surface area contributed by atoms with E-state index in [2.05, 4.69) is 47.8 Å². The molecule has 0 N–H and O–H groups in total. The molecule has 124 valence electrons. The van der Waals surface area contributed by atoms with E-state index < -0.39 is 0 Å². The van der Waals surface area contributed by atoms with Crippen molar-refractivity contribution >= 4 is 27.7 Å². The molecular formula is C17H17BrN4OS. The van der Waals surface area contributed by atoms with Gasteiger partial charge in [-0.25, -0.2) is 0 Å². The van der Waals surface area contributed by atoms with Crippen LogP contribution in [-0.2, 0) is 17.0 Å². The first kappa shape index (κ1) is 17.1. The van der Waals surface area contributed by atoms with Crippen molar-refractivity contribution in [2.45, 2.75) is 17.5 Å². The lowest BCUT2D eigenvalue weighted by Crippen LogP contribution is -2.07. The van der Waals surface area contributed by atoms with Crippen molar-refractivity contribution in [1.82, 2.24) is 19.7 Å². The molecule has 2 aromatic heterocycles. The Balaban J connectivity index is 1.83. The predicted octanol–water partition coefficient (Wildman–Crippen LogP) is 4.04. The number of aromatic nitrogens is 4. The highest BCUT2D eigenvalue weighted by molar-refractivity contribution is 9.10. The van der Waals surface area contributed by atoms with Crippen LogP contribution in [-0.4, -0.2) is 33.5 Å². The highest BCUT2D eigenvalue weighted by atomic mass is 79.9. The Kier molecular flexibility index (Phi) is 6.01. The Morgan fingerprint density at radius 3 is 2.75 bits per heavy atom. The van der Waals surface area contributed by atoms with E-state index in [1.165, 1.54) is 5.56 Å². The third-order valence-electron chi connectivity index (χ3n) is 3.43. The second-order valence-corrected chi connectivity index (χ2v) is 6.96. The van der Waals surface area contributed by atoms with Gasteiger partial charge in [0.2, 0.25) is 0 Å². The Morgan fingerprint density at radius 1 is 1.17 bits per heavy atom. The lowest BCUT2D eigenvalue weighted by atomic mass is 10.2. The molecule has 0 atom stereocenters. The van der Waals surface area contributed by atoms with Gasteiger partial charge in [0.05, 0.1) is 13.2 Å². The van der Waals surface area contributed by atoms with Crippen molar-refractivity contribution in [2.24, 2.45) is 0 Å². The first-order valence-corrected chi connectivity index (χ1v) is 9.25. The minimum Gasteiger partial charge on any atom is -0.383 e. The Hall–Kier alpha value is -1.70. The molecule has 0 saturated carbocycles. The summed E-state index contributed by atoms with van der Waals surface area (Å²) in [4.78, 5) is 4.06. The quantitative estimate of drug-likeness (QED) is 0.556. The van der Waals surface area contributed by atoms with Gasteiger partial charge < -0.3 is 4.74 Å². The summed E-state index contributed by atoms with van der Waals surface area (Å²) in [6.45, 7) is 1.32. The first-order valence-electron chi connectivity index (χ1n) is 7.47. The summed E-state index contributed by atoms with van der Waals surface area (Å²) in [6, 6.07) is 12.2. The van der Waals surface area contributed by atoms with Crippen LogP contribution in [0.5, 0.6) is 0 Å². The normalized spacial score (nSPS) is 10.9. The maximum atomic E-state index is 5.24. The molecule has 0 bridgehead atoms. The third kappa shape index (κ3) is 4.23. The molecule has 5 nitrogen and oxygen atoms in total. The molecule has 0 aliphatic carbocycles. The first-order chi connectivity index (χ1) is 11.8. The van der Waals surface area contributed by atoms with Crippen molar-refractivity contribution in [3.8, 4) is 11.4 Å². The zero-order valence-corrected chi connectivity index (χ0v) is 15.6. The number of nitrogens with zero attached hydrogens (tertiary/aromatic N) is 4. The van der Waals surface area contributed by atoms with Gasteiger partial charge >= 0.3 is 0 Å². The average Bonchev–Trinajstić information content (AvgIpc) is 3.02. The molecule has 7 heteroatoms. The lowest BCUT2D eigenvalue weighted by molar-refractivity contribution is 0.185. The Labute approximate surface area is 153 Å². The summed E-state index contributed by atoms with van der Waals surface area (Å²) in [6.07, 6.45) is 3.53. The Bertz CT molecular complexity index is 794. The summed E-state index contributed by atoms with van der Waals surface area (Å²) in [5.74, 6) is 1.67. The number of thioether (sulfide) groups is 1. The number of hydrogen-bond acceptors (Lipinski definition) is 5. The molecular weight excluding hydrogens is 388 g/mol. The summed E-state index contributed by atoms with van der Waals surface area (Å²) >= 11 is 5.18. The van der Waals surface area contributed by atoms with Crippen LogP contribution in [0.25, 0.3) is 11.4 Å². The van der Waals surface area contributed by atoms with E-state index >= 15 is 0 Å². The van der Waals surface area contributed by atoms with Crippen molar-refractivity contribution in [2.75, 3.05) is 13.7 Å². The number of halogens is 1. The molecule has 0 spiro atoms. The second kappa shape index (κ2) is 8.41. The summed E-state index contributed by atoms with van der Waals surface area (Å²) in [7, 11) is 1.70. The van der Waals surface area contributed by atoms with Gasteiger partial charge in [0.1, 0.15) is 0 Å². The number of ether oxygens (including phenoxy) is 1.